The minimum atomic E-state index is -0.121. The molecule has 3 aromatic heterocycles. The summed E-state index contributed by atoms with van der Waals surface area (Å²) < 4.78 is 6.83. The second-order valence-electron chi connectivity index (χ2n) is 6.46. The molecule has 0 saturated heterocycles. The summed E-state index contributed by atoms with van der Waals surface area (Å²) in [5.74, 6) is -0.121. The van der Waals surface area contributed by atoms with E-state index in [9.17, 15) is 4.79 Å². The molecule has 142 valence electrons. The van der Waals surface area contributed by atoms with Crippen molar-refractivity contribution in [1.82, 2.24) is 25.1 Å². The molecule has 0 aliphatic carbocycles. The van der Waals surface area contributed by atoms with Crippen LogP contribution in [0.1, 0.15) is 15.9 Å². The molecule has 2 N–H and O–H groups in total. The maximum atomic E-state index is 12.4. The number of nitrogens with one attached hydrogen (secondary N) is 2. The summed E-state index contributed by atoms with van der Waals surface area (Å²) in [6.07, 6.45) is 7.34. The molecule has 0 atom stereocenters. The van der Waals surface area contributed by atoms with Gasteiger partial charge in [0.2, 0.25) is 0 Å². The summed E-state index contributed by atoms with van der Waals surface area (Å²) >= 11 is 0. The average Bonchev–Trinajstić information content (AvgIpc) is 3.39. The first-order chi connectivity index (χ1) is 13.7. The highest BCUT2D eigenvalue weighted by Crippen LogP contribution is 2.25. The van der Waals surface area contributed by atoms with Gasteiger partial charge in [-0.05, 0) is 24.3 Å². The van der Waals surface area contributed by atoms with Crippen molar-refractivity contribution in [2.45, 2.75) is 13.1 Å². The SMILES string of the molecule is COCCn1cc(CNC(=O)c2ccc(-c3nccc4[nH]ccc34)cc2)cn1. The number of carbonyl (C=O) groups excluding carboxylic acids is 1. The van der Waals surface area contributed by atoms with Crippen LogP contribution < -0.4 is 5.32 Å². The first kappa shape index (κ1) is 17.9. The molecule has 0 bridgehead atoms. The van der Waals surface area contributed by atoms with Gasteiger partial charge in [0.25, 0.3) is 5.91 Å². The molecular weight excluding hydrogens is 354 g/mol. The predicted octanol–water partition coefficient (Wildman–Crippen LogP) is 3.00. The number of aromatic nitrogens is 4. The molecule has 4 rings (SSSR count). The lowest BCUT2D eigenvalue weighted by molar-refractivity contribution is 0.0951. The van der Waals surface area contributed by atoms with E-state index in [1.165, 1.54) is 0 Å². The highest BCUT2D eigenvalue weighted by Gasteiger charge is 2.09. The summed E-state index contributed by atoms with van der Waals surface area (Å²) in [5.41, 5.74) is 4.47. The molecule has 1 aromatic carbocycles. The van der Waals surface area contributed by atoms with E-state index in [4.69, 9.17) is 4.74 Å². The van der Waals surface area contributed by atoms with Crippen molar-refractivity contribution in [1.29, 1.82) is 0 Å². The lowest BCUT2D eigenvalue weighted by Gasteiger charge is -2.06. The van der Waals surface area contributed by atoms with Gasteiger partial charge in [-0.1, -0.05) is 12.1 Å². The van der Waals surface area contributed by atoms with E-state index in [1.54, 1.807) is 24.2 Å². The third-order valence-electron chi connectivity index (χ3n) is 4.56. The van der Waals surface area contributed by atoms with Crippen molar-refractivity contribution < 1.29 is 9.53 Å². The molecule has 0 unspecified atom stereocenters. The van der Waals surface area contributed by atoms with E-state index in [1.807, 2.05) is 48.8 Å². The molecule has 0 fully saturated rings. The molecule has 28 heavy (non-hydrogen) atoms. The van der Waals surface area contributed by atoms with E-state index in [0.717, 1.165) is 27.7 Å². The number of hydrogen-bond donors (Lipinski definition) is 2. The molecule has 1 amide bonds. The Morgan fingerprint density at radius 2 is 2.07 bits per heavy atom. The Morgan fingerprint density at radius 3 is 2.89 bits per heavy atom. The van der Waals surface area contributed by atoms with Gasteiger partial charge >= 0.3 is 0 Å². The number of pyridine rings is 1. The van der Waals surface area contributed by atoms with Crippen molar-refractivity contribution in [3.05, 3.63) is 72.3 Å². The average molecular weight is 375 g/mol. The normalized spacial score (nSPS) is 11.0. The van der Waals surface area contributed by atoms with Crippen molar-refractivity contribution >= 4 is 16.8 Å². The maximum Gasteiger partial charge on any atom is 0.251 e. The van der Waals surface area contributed by atoms with Crippen LogP contribution in [0.25, 0.3) is 22.2 Å². The molecule has 4 aromatic rings. The summed E-state index contributed by atoms with van der Waals surface area (Å²) in [4.78, 5) is 20.1. The minimum absolute atomic E-state index is 0.121. The first-order valence-corrected chi connectivity index (χ1v) is 9.05. The molecule has 0 aliphatic rings. The third kappa shape index (κ3) is 3.79. The standard InChI is InChI=1S/C21H21N5O2/c1-28-11-10-26-14-15(13-25-26)12-24-21(27)17-4-2-16(3-5-17)20-18-6-8-22-19(18)7-9-23-20/h2-9,13-14,22H,10-12H2,1H3,(H,24,27). The highest BCUT2D eigenvalue weighted by molar-refractivity contribution is 5.96. The minimum Gasteiger partial charge on any atom is -0.383 e. The van der Waals surface area contributed by atoms with Crippen LogP contribution >= 0.6 is 0 Å². The molecule has 7 heteroatoms. The smallest absolute Gasteiger partial charge is 0.251 e. The summed E-state index contributed by atoms with van der Waals surface area (Å²) in [5, 5.41) is 8.23. The van der Waals surface area contributed by atoms with Gasteiger partial charge in [0.15, 0.2) is 0 Å². The number of aromatic amines is 1. The number of ether oxygens (including phenoxy) is 1. The summed E-state index contributed by atoms with van der Waals surface area (Å²) in [6, 6.07) is 11.4. The predicted molar refractivity (Wildman–Crippen MR) is 107 cm³/mol. The zero-order chi connectivity index (χ0) is 19.3. The van der Waals surface area contributed by atoms with Crippen molar-refractivity contribution in [3.63, 3.8) is 0 Å². The van der Waals surface area contributed by atoms with Gasteiger partial charge in [-0.15, -0.1) is 0 Å². The van der Waals surface area contributed by atoms with E-state index in [0.29, 0.717) is 25.3 Å². The molecule has 3 heterocycles. The third-order valence-corrected chi connectivity index (χ3v) is 4.56. The Kier molecular flexibility index (Phi) is 5.16. The van der Waals surface area contributed by atoms with Crippen LogP contribution in [0, 0.1) is 0 Å². The van der Waals surface area contributed by atoms with E-state index >= 15 is 0 Å². The molecule has 0 saturated carbocycles. The molecule has 0 radical (unpaired) electrons. The van der Waals surface area contributed by atoms with Crippen molar-refractivity contribution in [3.8, 4) is 11.3 Å². The number of amides is 1. The van der Waals surface area contributed by atoms with Gasteiger partial charge in [-0.3, -0.25) is 14.5 Å². The highest BCUT2D eigenvalue weighted by atomic mass is 16.5. The van der Waals surface area contributed by atoms with Crippen LogP contribution in [0.4, 0.5) is 0 Å². The molecule has 7 nitrogen and oxygen atoms in total. The number of fused-ring (bicyclic) bond motifs is 1. The fraction of sp³-hybridized carbons (Fsp3) is 0.190. The first-order valence-electron chi connectivity index (χ1n) is 9.05. The van der Waals surface area contributed by atoms with Crippen LogP contribution in [0.5, 0.6) is 0 Å². The Labute approximate surface area is 162 Å². The van der Waals surface area contributed by atoms with Gasteiger partial charge in [0.1, 0.15) is 0 Å². The maximum absolute atomic E-state index is 12.4. The fourth-order valence-electron chi connectivity index (χ4n) is 3.08. The van der Waals surface area contributed by atoms with Gasteiger partial charge in [0.05, 0.1) is 25.0 Å². The number of nitrogens with zero attached hydrogens (tertiary/aromatic N) is 3. The monoisotopic (exact) mass is 375 g/mol. The Hall–Kier alpha value is -3.45. The Bertz CT molecular complexity index is 1080. The van der Waals surface area contributed by atoms with Crippen molar-refractivity contribution in [2.75, 3.05) is 13.7 Å². The molecule has 0 aliphatic heterocycles. The summed E-state index contributed by atoms with van der Waals surface area (Å²) in [6.45, 7) is 1.72. The fourth-order valence-corrected chi connectivity index (χ4v) is 3.08. The number of H-pyrrole nitrogens is 1. The summed E-state index contributed by atoms with van der Waals surface area (Å²) in [7, 11) is 1.66. The molecular formula is C21H21N5O2. The topological polar surface area (TPSA) is 84.8 Å². The van der Waals surface area contributed by atoms with Crippen LogP contribution in [-0.2, 0) is 17.8 Å². The molecule has 0 spiro atoms. The number of hydrogen-bond acceptors (Lipinski definition) is 4. The van der Waals surface area contributed by atoms with E-state index in [2.05, 4.69) is 20.4 Å². The number of rotatable bonds is 7. The second kappa shape index (κ2) is 8.06. The zero-order valence-corrected chi connectivity index (χ0v) is 15.6. The van der Waals surface area contributed by atoms with Crippen LogP contribution in [-0.4, -0.2) is 39.4 Å². The van der Waals surface area contributed by atoms with Gasteiger partial charge < -0.3 is 15.0 Å². The largest absolute Gasteiger partial charge is 0.383 e. The Balaban J connectivity index is 1.41. The lowest BCUT2D eigenvalue weighted by atomic mass is 10.1. The van der Waals surface area contributed by atoms with Crippen LogP contribution in [0.3, 0.4) is 0 Å². The van der Waals surface area contributed by atoms with Crippen LogP contribution in [0.15, 0.2) is 61.2 Å². The van der Waals surface area contributed by atoms with E-state index in [-0.39, 0.29) is 5.91 Å². The lowest BCUT2D eigenvalue weighted by Crippen LogP contribution is -2.22. The quantitative estimate of drug-likeness (QED) is 0.520. The van der Waals surface area contributed by atoms with E-state index < -0.39 is 0 Å². The number of benzene rings is 1. The number of carbonyl (C=O) groups is 1. The second-order valence-corrected chi connectivity index (χ2v) is 6.46. The zero-order valence-electron chi connectivity index (χ0n) is 15.6. The Morgan fingerprint density at radius 1 is 1.21 bits per heavy atom. The van der Waals surface area contributed by atoms with Gasteiger partial charge in [0, 0.05) is 59.8 Å². The van der Waals surface area contributed by atoms with Crippen LogP contribution in [0.2, 0.25) is 0 Å². The number of methoxy groups -OCH3 is 1. The van der Waals surface area contributed by atoms with Crippen molar-refractivity contribution in [2.24, 2.45) is 0 Å². The van der Waals surface area contributed by atoms with Gasteiger partial charge in [-0.2, -0.15) is 5.10 Å². The van der Waals surface area contributed by atoms with Gasteiger partial charge in [-0.25, -0.2) is 0 Å².